The molecular formula is C20H23F3N4O2S. The van der Waals surface area contributed by atoms with E-state index in [1.807, 2.05) is 0 Å². The van der Waals surface area contributed by atoms with Crippen molar-refractivity contribution in [1.29, 1.82) is 5.41 Å². The van der Waals surface area contributed by atoms with Gasteiger partial charge in [-0.25, -0.2) is 4.98 Å². The number of thiol groups is 1. The SMILES string of the molecule is CCC(O)(/C(N)=C/NCc1ccc(C(=N)c2ccc(OC)nc2)c(S)c1)C(F)(F)F. The summed E-state index contributed by atoms with van der Waals surface area (Å²) in [5.74, 6) is 0.437. The van der Waals surface area contributed by atoms with E-state index in [0.717, 1.165) is 6.20 Å². The van der Waals surface area contributed by atoms with Crippen LogP contribution < -0.4 is 15.8 Å². The number of pyridine rings is 1. The van der Waals surface area contributed by atoms with Crippen LogP contribution in [0.15, 0.2) is 53.3 Å². The van der Waals surface area contributed by atoms with E-state index < -0.39 is 23.9 Å². The van der Waals surface area contributed by atoms with Crippen molar-refractivity contribution in [3.05, 3.63) is 65.1 Å². The number of rotatable bonds is 8. The first kappa shape index (κ1) is 23.6. The Morgan fingerprint density at radius 2 is 2.03 bits per heavy atom. The van der Waals surface area contributed by atoms with Crippen molar-refractivity contribution in [2.75, 3.05) is 7.11 Å². The molecule has 0 aliphatic carbocycles. The Morgan fingerprint density at radius 3 is 2.53 bits per heavy atom. The second-order valence-corrected chi connectivity index (χ2v) is 6.99. The van der Waals surface area contributed by atoms with E-state index in [-0.39, 0.29) is 12.3 Å². The average molecular weight is 440 g/mol. The number of benzene rings is 1. The van der Waals surface area contributed by atoms with Gasteiger partial charge in [-0.15, -0.1) is 12.6 Å². The molecule has 162 valence electrons. The molecular weight excluding hydrogens is 417 g/mol. The van der Waals surface area contributed by atoms with Gasteiger partial charge in [-0.1, -0.05) is 19.1 Å². The van der Waals surface area contributed by atoms with E-state index in [4.69, 9.17) is 15.9 Å². The van der Waals surface area contributed by atoms with Crippen LogP contribution in [-0.2, 0) is 6.54 Å². The molecule has 0 fully saturated rings. The molecule has 0 bridgehead atoms. The van der Waals surface area contributed by atoms with Gasteiger partial charge < -0.3 is 20.9 Å². The standard InChI is InChI=1S/C20H23F3N4O2S/c1-3-19(28,20(21,22)23)16(24)11-26-9-12-4-6-14(15(30)8-12)18(25)13-5-7-17(29-2)27-10-13/h4-8,10-11,25-26,28,30H,3,9,24H2,1-2H3/b16-11-,25-18?. The second kappa shape index (κ2) is 9.40. The predicted octanol–water partition coefficient (Wildman–Crippen LogP) is 3.39. The van der Waals surface area contributed by atoms with Crippen LogP contribution in [0.2, 0.25) is 0 Å². The predicted molar refractivity (Wildman–Crippen MR) is 111 cm³/mol. The van der Waals surface area contributed by atoms with Gasteiger partial charge >= 0.3 is 6.18 Å². The first-order valence-corrected chi connectivity index (χ1v) is 9.38. The third kappa shape index (κ3) is 5.06. The number of aromatic nitrogens is 1. The summed E-state index contributed by atoms with van der Waals surface area (Å²) < 4.78 is 44.1. The number of methoxy groups -OCH3 is 1. The van der Waals surface area contributed by atoms with E-state index in [1.54, 1.807) is 30.3 Å². The van der Waals surface area contributed by atoms with Gasteiger partial charge in [0.1, 0.15) is 0 Å². The minimum Gasteiger partial charge on any atom is -0.481 e. The van der Waals surface area contributed by atoms with Crippen molar-refractivity contribution in [1.82, 2.24) is 10.3 Å². The quantitative estimate of drug-likeness (QED) is 0.320. The number of alkyl halides is 3. The Labute approximate surface area is 177 Å². The Morgan fingerprint density at radius 1 is 1.33 bits per heavy atom. The molecule has 1 atom stereocenters. The van der Waals surface area contributed by atoms with E-state index in [2.05, 4.69) is 22.9 Å². The van der Waals surface area contributed by atoms with Crippen molar-refractivity contribution >= 4 is 18.3 Å². The highest BCUT2D eigenvalue weighted by molar-refractivity contribution is 7.80. The van der Waals surface area contributed by atoms with Gasteiger partial charge in [-0.3, -0.25) is 5.41 Å². The van der Waals surface area contributed by atoms with Crippen LogP contribution in [0.1, 0.15) is 30.0 Å². The summed E-state index contributed by atoms with van der Waals surface area (Å²) in [6, 6.07) is 8.46. The molecule has 10 heteroatoms. The fourth-order valence-corrected chi connectivity index (χ4v) is 3.02. The third-order valence-corrected chi connectivity index (χ3v) is 4.96. The van der Waals surface area contributed by atoms with Gasteiger partial charge in [0.25, 0.3) is 0 Å². The fraction of sp³-hybridized carbons (Fsp3) is 0.300. The van der Waals surface area contributed by atoms with Gasteiger partial charge in [-0.05, 0) is 24.1 Å². The number of nitrogens with one attached hydrogen (secondary N) is 2. The fourth-order valence-electron chi connectivity index (χ4n) is 2.67. The average Bonchev–Trinajstić information content (AvgIpc) is 2.71. The Balaban J connectivity index is 2.11. The smallest absolute Gasteiger partial charge is 0.422 e. The molecule has 1 aromatic heterocycles. The van der Waals surface area contributed by atoms with Crippen molar-refractivity contribution in [3.63, 3.8) is 0 Å². The maximum Gasteiger partial charge on any atom is 0.422 e. The maximum absolute atomic E-state index is 13.0. The molecule has 1 heterocycles. The number of aliphatic hydroxyl groups is 1. The summed E-state index contributed by atoms with van der Waals surface area (Å²) in [7, 11) is 1.50. The number of halogens is 3. The van der Waals surface area contributed by atoms with Crippen molar-refractivity contribution in [3.8, 4) is 5.88 Å². The summed E-state index contributed by atoms with van der Waals surface area (Å²) in [4.78, 5) is 4.60. The van der Waals surface area contributed by atoms with Crippen molar-refractivity contribution in [2.45, 2.75) is 36.6 Å². The van der Waals surface area contributed by atoms with Crippen LogP contribution in [0.3, 0.4) is 0 Å². The van der Waals surface area contributed by atoms with E-state index >= 15 is 0 Å². The van der Waals surface area contributed by atoms with Gasteiger partial charge in [0, 0.05) is 41.0 Å². The van der Waals surface area contributed by atoms with Crippen LogP contribution in [0.5, 0.6) is 5.88 Å². The molecule has 0 amide bonds. The lowest BCUT2D eigenvalue weighted by Gasteiger charge is -2.29. The second-order valence-electron chi connectivity index (χ2n) is 6.51. The van der Waals surface area contributed by atoms with Gasteiger partial charge in [0.2, 0.25) is 11.5 Å². The highest BCUT2D eigenvalue weighted by atomic mass is 32.1. The summed E-state index contributed by atoms with van der Waals surface area (Å²) in [5, 5.41) is 20.8. The highest BCUT2D eigenvalue weighted by Gasteiger charge is 2.54. The zero-order chi connectivity index (χ0) is 22.5. The number of hydrogen-bond acceptors (Lipinski definition) is 7. The molecule has 30 heavy (non-hydrogen) atoms. The highest BCUT2D eigenvalue weighted by Crippen LogP contribution is 2.36. The lowest BCUT2D eigenvalue weighted by molar-refractivity contribution is -0.245. The van der Waals surface area contributed by atoms with Crippen LogP contribution in [0, 0.1) is 5.41 Å². The molecule has 5 N–H and O–H groups in total. The Kier molecular flexibility index (Phi) is 7.38. The van der Waals surface area contributed by atoms with Crippen LogP contribution in [-0.4, -0.2) is 34.7 Å². The molecule has 2 rings (SSSR count). The molecule has 0 saturated heterocycles. The largest absolute Gasteiger partial charge is 0.481 e. The number of hydrogen-bond donors (Lipinski definition) is 5. The summed E-state index contributed by atoms with van der Waals surface area (Å²) in [5.41, 5.74) is 3.75. The molecule has 1 unspecified atom stereocenters. The number of nitrogens with zero attached hydrogens (tertiary/aromatic N) is 1. The minimum atomic E-state index is -4.87. The summed E-state index contributed by atoms with van der Waals surface area (Å²) in [6.45, 7) is 1.36. The Hall–Kier alpha value is -2.72. The maximum atomic E-state index is 13.0. The zero-order valence-corrected chi connectivity index (χ0v) is 17.3. The van der Waals surface area contributed by atoms with E-state index in [1.165, 1.54) is 20.2 Å². The third-order valence-electron chi connectivity index (χ3n) is 4.59. The molecule has 0 spiro atoms. The summed E-state index contributed by atoms with van der Waals surface area (Å²) in [6.07, 6.45) is -3.00. The molecule has 6 nitrogen and oxygen atoms in total. The van der Waals surface area contributed by atoms with Gasteiger partial charge in [0.15, 0.2) is 0 Å². The Bertz CT molecular complexity index is 933. The zero-order valence-electron chi connectivity index (χ0n) is 16.4. The molecule has 0 aliphatic heterocycles. The number of ether oxygens (including phenoxy) is 1. The molecule has 0 radical (unpaired) electrons. The monoisotopic (exact) mass is 440 g/mol. The molecule has 1 aromatic carbocycles. The van der Waals surface area contributed by atoms with Crippen LogP contribution >= 0.6 is 12.6 Å². The van der Waals surface area contributed by atoms with Crippen LogP contribution in [0.25, 0.3) is 0 Å². The molecule has 0 aliphatic rings. The molecule has 2 aromatic rings. The van der Waals surface area contributed by atoms with Gasteiger partial charge in [-0.2, -0.15) is 13.2 Å². The minimum absolute atomic E-state index is 0.156. The number of nitrogens with two attached hydrogens (primary N) is 1. The lowest BCUT2D eigenvalue weighted by Crippen LogP contribution is -2.49. The van der Waals surface area contributed by atoms with Crippen molar-refractivity contribution in [2.24, 2.45) is 5.73 Å². The first-order valence-electron chi connectivity index (χ1n) is 8.93. The lowest BCUT2D eigenvalue weighted by atomic mass is 9.96. The van der Waals surface area contributed by atoms with E-state index in [0.29, 0.717) is 27.5 Å². The normalized spacial score (nSPS) is 14.2. The van der Waals surface area contributed by atoms with E-state index in [9.17, 15) is 18.3 Å². The topological polar surface area (TPSA) is 104 Å². The first-order chi connectivity index (χ1) is 14.0. The van der Waals surface area contributed by atoms with Crippen LogP contribution in [0.4, 0.5) is 13.2 Å². The summed E-state index contributed by atoms with van der Waals surface area (Å²) >= 11 is 4.41. The van der Waals surface area contributed by atoms with Crippen molar-refractivity contribution < 1.29 is 23.0 Å². The molecule has 0 saturated carbocycles. The van der Waals surface area contributed by atoms with Gasteiger partial charge in [0.05, 0.1) is 18.5 Å².